The molecule has 1 saturated carbocycles. The van der Waals surface area contributed by atoms with E-state index in [4.69, 9.17) is 5.73 Å². The van der Waals surface area contributed by atoms with Crippen LogP contribution >= 0.6 is 0 Å². The molecule has 0 amide bonds. The van der Waals surface area contributed by atoms with Crippen molar-refractivity contribution in [2.45, 2.75) is 57.9 Å². The molecule has 1 aliphatic rings. The van der Waals surface area contributed by atoms with Crippen LogP contribution in [-0.4, -0.2) is 21.5 Å². The molecule has 0 aromatic carbocycles. The molecule has 1 aromatic rings. The Morgan fingerprint density at radius 2 is 2.29 bits per heavy atom. The summed E-state index contributed by atoms with van der Waals surface area (Å²) in [5.74, 6) is 0.832. The van der Waals surface area contributed by atoms with Crippen molar-refractivity contribution in [3.63, 3.8) is 0 Å². The Bertz CT molecular complexity index is 334. The maximum atomic E-state index is 5.49. The molecule has 2 atom stereocenters. The Balaban J connectivity index is 1.88. The SMILES string of the molecule is CC1CCCC(n2cc(CCCCN)nn2)C1. The molecule has 17 heavy (non-hydrogen) atoms. The Morgan fingerprint density at radius 3 is 3.06 bits per heavy atom. The van der Waals surface area contributed by atoms with Crippen LogP contribution in [-0.2, 0) is 6.42 Å². The first kappa shape index (κ1) is 12.6. The molecule has 4 nitrogen and oxygen atoms in total. The molecular formula is C13H24N4. The average Bonchev–Trinajstić information content (AvgIpc) is 2.78. The van der Waals surface area contributed by atoms with Crippen LogP contribution in [0.3, 0.4) is 0 Å². The van der Waals surface area contributed by atoms with E-state index in [9.17, 15) is 0 Å². The van der Waals surface area contributed by atoms with E-state index >= 15 is 0 Å². The minimum absolute atomic E-state index is 0.578. The molecule has 4 heteroatoms. The highest BCUT2D eigenvalue weighted by molar-refractivity contribution is 4.94. The topological polar surface area (TPSA) is 56.7 Å². The molecule has 1 heterocycles. The van der Waals surface area contributed by atoms with Gasteiger partial charge in [0.05, 0.1) is 11.7 Å². The minimum Gasteiger partial charge on any atom is -0.330 e. The number of unbranched alkanes of at least 4 members (excludes halogenated alkanes) is 1. The van der Waals surface area contributed by atoms with Crippen LogP contribution in [0.4, 0.5) is 0 Å². The van der Waals surface area contributed by atoms with Gasteiger partial charge in [0.2, 0.25) is 0 Å². The van der Waals surface area contributed by atoms with Crippen molar-refractivity contribution < 1.29 is 0 Å². The number of rotatable bonds is 5. The Morgan fingerprint density at radius 1 is 1.41 bits per heavy atom. The average molecular weight is 236 g/mol. The molecule has 2 rings (SSSR count). The minimum atomic E-state index is 0.578. The molecule has 1 aliphatic carbocycles. The maximum absolute atomic E-state index is 5.49. The van der Waals surface area contributed by atoms with E-state index < -0.39 is 0 Å². The van der Waals surface area contributed by atoms with Crippen LogP contribution in [0.15, 0.2) is 6.20 Å². The van der Waals surface area contributed by atoms with E-state index in [1.54, 1.807) is 0 Å². The maximum Gasteiger partial charge on any atom is 0.0827 e. The van der Waals surface area contributed by atoms with Gasteiger partial charge in [-0.2, -0.15) is 0 Å². The fraction of sp³-hybridized carbons (Fsp3) is 0.846. The first-order chi connectivity index (χ1) is 8.29. The van der Waals surface area contributed by atoms with Crippen molar-refractivity contribution in [1.82, 2.24) is 15.0 Å². The summed E-state index contributed by atoms with van der Waals surface area (Å²) in [5.41, 5.74) is 6.61. The largest absolute Gasteiger partial charge is 0.330 e. The summed E-state index contributed by atoms with van der Waals surface area (Å²) in [7, 11) is 0. The van der Waals surface area contributed by atoms with Crippen molar-refractivity contribution in [3.05, 3.63) is 11.9 Å². The van der Waals surface area contributed by atoms with E-state index in [-0.39, 0.29) is 0 Å². The van der Waals surface area contributed by atoms with Crippen molar-refractivity contribution in [1.29, 1.82) is 0 Å². The second kappa shape index (κ2) is 6.15. The van der Waals surface area contributed by atoms with Crippen molar-refractivity contribution in [2.24, 2.45) is 11.7 Å². The number of hydrogen-bond donors (Lipinski definition) is 1. The van der Waals surface area contributed by atoms with Gasteiger partial charge >= 0.3 is 0 Å². The third-order valence-electron chi connectivity index (χ3n) is 3.73. The van der Waals surface area contributed by atoms with Crippen molar-refractivity contribution in [2.75, 3.05) is 6.54 Å². The zero-order valence-corrected chi connectivity index (χ0v) is 10.8. The molecule has 0 bridgehead atoms. The van der Waals surface area contributed by atoms with Crippen molar-refractivity contribution in [3.8, 4) is 0 Å². The van der Waals surface area contributed by atoms with Gasteiger partial charge in [-0.3, -0.25) is 0 Å². The quantitative estimate of drug-likeness (QED) is 0.798. The fourth-order valence-corrected chi connectivity index (χ4v) is 2.70. The number of nitrogens with zero attached hydrogens (tertiary/aromatic N) is 3. The zero-order chi connectivity index (χ0) is 12.1. The van der Waals surface area contributed by atoms with E-state index in [1.165, 1.54) is 25.7 Å². The fourth-order valence-electron chi connectivity index (χ4n) is 2.70. The first-order valence-corrected chi connectivity index (χ1v) is 6.90. The molecule has 2 unspecified atom stereocenters. The zero-order valence-electron chi connectivity index (χ0n) is 10.8. The molecule has 1 fully saturated rings. The first-order valence-electron chi connectivity index (χ1n) is 6.90. The number of aryl methyl sites for hydroxylation is 1. The van der Waals surface area contributed by atoms with Crippen LogP contribution in [0.5, 0.6) is 0 Å². The Hall–Kier alpha value is -0.900. The second-order valence-electron chi connectivity index (χ2n) is 5.36. The number of aromatic nitrogens is 3. The summed E-state index contributed by atoms with van der Waals surface area (Å²) in [6, 6.07) is 0.578. The van der Waals surface area contributed by atoms with Crippen LogP contribution < -0.4 is 5.73 Å². The summed E-state index contributed by atoms with van der Waals surface area (Å²) in [6.45, 7) is 3.11. The van der Waals surface area contributed by atoms with Gasteiger partial charge in [-0.25, -0.2) is 4.68 Å². The van der Waals surface area contributed by atoms with Gasteiger partial charge in [0.1, 0.15) is 0 Å². The molecule has 1 aromatic heterocycles. The molecule has 0 radical (unpaired) electrons. The lowest BCUT2D eigenvalue weighted by atomic mass is 9.87. The van der Waals surface area contributed by atoms with Gasteiger partial charge in [-0.15, -0.1) is 5.10 Å². The number of hydrogen-bond acceptors (Lipinski definition) is 3. The van der Waals surface area contributed by atoms with Gasteiger partial charge in [0.25, 0.3) is 0 Å². The smallest absolute Gasteiger partial charge is 0.0827 e. The lowest BCUT2D eigenvalue weighted by Gasteiger charge is -2.26. The molecule has 0 aliphatic heterocycles. The van der Waals surface area contributed by atoms with E-state index in [1.807, 2.05) is 0 Å². The monoisotopic (exact) mass is 236 g/mol. The van der Waals surface area contributed by atoms with Gasteiger partial charge < -0.3 is 5.73 Å². The van der Waals surface area contributed by atoms with Gasteiger partial charge in [-0.05, 0) is 44.6 Å². The highest BCUT2D eigenvalue weighted by Crippen LogP contribution is 2.31. The third kappa shape index (κ3) is 3.53. The van der Waals surface area contributed by atoms with E-state index in [0.717, 1.165) is 37.4 Å². The molecule has 0 saturated heterocycles. The predicted molar refractivity (Wildman–Crippen MR) is 68.7 cm³/mol. The Kier molecular flexibility index (Phi) is 4.54. The third-order valence-corrected chi connectivity index (χ3v) is 3.73. The second-order valence-corrected chi connectivity index (χ2v) is 5.36. The molecular weight excluding hydrogens is 212 g/mol. The molecule has 0 spiro atoms. The van der Waals surface area contributed by atoms with Crippen LogP contribution in [0.25, 0.3) is 0 Å². The lowest BCUT2D eigenvalue weighted by molar-refractivity contribution is 0.263. The highest BCUT2D eigenvalue weighted by Gasteiger charge is 2.21. The van der Waals surface area contributed by atoms with Gasteiger partial charge in [0.15, 0.2) is 0 Å². The van der Waals surface area contributed by atoms with E-state index in [0.29, 0.717) is 6.04 Å². The van der Waals surface area contributed by atoms with Crippen LogP contribution in [0, 0.1) is 5.92 Å². The van der Waals surface area contributed by atoms with Crippen LogP contribution in [0.2, 0.25) is 0 Å². The summed E-state index contributed by atoms with van der Waals surface area (Å²) >= 11 is 0. The normalized spacial score (nSPS) is 25.1. The van der Waals surface area contributed by atoms with Gasteiger partial charge in [-0.1, -0.05) is 25.0 Å². The number of nitrogens with two attached hydrogens (primary N) is 1. The summed E-state index contributed by atoms with van der Waals surface area (Å²) in [6.07, 6.45) is 10.6. The lowest BCUT2D eigenvalue weighted by Crippen LogP contribution is -2.18. The standard InChI is InChI=1S/C13H24N4/c1-11-5-4-7-13(9-11)17-10-12(15-16-17)6-2-3-8-14/h10-11,13H,2-9,14H2,1H3. The summed E-state index contributed by atoms with van der Waals surface area (Å²) in [5, 5.41) is 8.55. The van der Waals surface area contributed by atoms with E-state index in [2.05, 4.69) is 28.1 Å². The summed E-state index contributed by atoms with van der Waals surface area (Å²) in [4.78, 5) is 0. The highest BCUT2D eigenvalue weighted by atomic mass is 15.4. The predicted octanol–water partition coefficient (Wildman–Crippen LogP) is 2.31. The van der Waals surface area contributed by atoms with Crippen LogP contribution in [0.1, 0.15) is 57.2 Å². The Labute approximate surface area is 104 Å². The molecule has 2 N–H and O–H groups in total. The van der Waals surface area contributed by atoms with Gasteiger partial charge in [0, 0.05) is 6.20 Å². The summed E-state index contributed by atoms with van der Waals surface area (Å²) < 4.78 is 2.09. The molecule has 96 valence electrons. The van der Waals surface area contributed by atoms with Crippen molar-refractivity contribution >= 4 is 0 Å².